The molecule has 0 fully saturated rings. The molecule has 0 atom stereocenters. The number of alkyl halides is 3. The lowest BCUT2D eigenvalue weighted by Crippen LogP contribution is -2.12. The van der Waals surface area contributed by atoms with Crippen LogP contribution in [0.15, 0.2) is 22.7 Å². The summed E-state index contributed by atoms with van der Waals surface area (Å²) in [4.78, 5) is 0. The largest absolute Gasteiger partial charge is 0.418 e. The summed E-state index contributed by atoms with van der Waals surface area (Å²) in [6, 6.07) is 3.85. The van der Waals surface area contributed by atoms with Crippen molar-refractivity contribution in [3.8, 4) is 5.69 Å². The second-order valence-electron chi connectivity index (χ2n) is 3.73. The van der Waals surface area contributed by atoms with E-state index in [0.29, 0.717) is 16.7 Å². The Morgan fingerprint density at radius 1 is 1.32 bits per heavy atom. The average molecular weight is 355 g/mol. The molecule has 0 radical (unpaired) electrons. The minimum Gasteiger partial charge on any atom is -0.269 e. The first-order valence-electron chi connectivity index (χ1n) is 5.31. The molecule has 0 spiro atoms. The second-order valence-corrected chi connectivity index (χ2v) is 4.99. The highest BCUT2D eigenvalue weighted by Gasteiger charge is 2.35. The summed E-state index contributed by atoms with van der Waals surface area (Å²) in [5.41, 5.74) is -0.874. The van der Waals surface area contributed by atoms with Crippen molar-refractivity contribution < 1.29 is 13.2 Å². The molecule has 102 valence electrons. The van der Waals surface area contributed by atoms with Crippen molar-refractivity contribution in [2.24, 2.45) is 0 Å². The van der Waals surface area contributed by atoms with Crippen LogP contribution in [-0.2, 0) is 12.6 Å². The Morgan fingerprint density at radius 3 is 2.58 bits per heavy atom. The first kappa shape index (κ1) is 14.3. The molecule has 0 aliphatic carbocycles. The lowest BCUT2D eigenvalue weighted by atomic mass is 10.1. The standard InChI is InChI=1S/C11H8BrClF3N3/c1-2-9-17-18-10(13)19(9)8-4-3-6(12)5-7(8)11(14,15)16/h3-5H,2H2,1H3. The quantitative estimate of drug-likeness (QED) is 0.806. The molecular weight excluding hydrogens is 346 g/mol. The van der Waals surface area contributed by atoms with Crippen molar-refractivity contribution >= 4 is 27.5 Å². The van der Waals surface area contributed by atoms with Crippen molar-refractivity contribution in [3.63, 3.8) is 0 Å². The van der Waals surface area contributed by atoms with E-state index in [4.69, 9.17) is 11.6 Å². The molecule has 0 saturated heterocycles. The van der Waals surface area contributed by atoms with Crippen LogP contribution in [0.5, 0.6) is 0 Å². The topological polar surface area (TPSA) is 30.7 Å². The fourth-order valence-corrected chi connectivity index (χ4v) is 2.28. The molecule has 1 aromatic carbocycles. The molecule has 0 bridgehead atoms. The van der Waals surface area contributed by atoms with Crippen molar-refractivity contribution in [2.75, 3.05) is 0 Å². The van der Waals surface area contributed by atoms with E-state index in [1.54, 1.807) is 6.92 Å². The van der Waals surface area contributed by atoms with Crippen LogP contribution in [0.4, 0.5) is 13.2 Å². The van der Waals surface area contributed by atoms with E-state index < -0.39 is 11.7 Å². The number of aromatic nitrogens is 3. The Kier molecular flexibility index (Phi) is 3.87. The molecule has 3 nitrogen and oxygen atoms in total. The minimum atomic E-state index is -4.49. The van der Waals surface area contributed by atoms with Crippen molar-refractivity contribution in [1.29, 1.82) is 0 Å². The van der Waals surface area contributed by atoms with E-state index in [2.05, 4.69) is 26.1 Å². The van der Waals surface area contributed by atoms with Gasteiger partial charge >= 0.3 is 6.18 Å². The summed E-state index contributed by atoms with van der Waals surface area (Å²) in [5.74, 6) is 0.373. The number of hydrogen-bond donors (Lipinski definition) is 0. The fourth-order valence-electron chi connectivity index (χ4n) is 1.69. The summed E-state index contributed by atoms with van der Waals surface area (Å²) in [7, 11) is 0. The van der Waals surface area contributed by atoms with Gasteiger partial charge in [0.05, 0.1) is 11.3 Å². The van der Waals surface area contributed by atoms with E-state index in [9.17, 15) is 13.2 Å². The van der Waals surface area contributed by atoms with Gasteiger partial charge in [0, 0.05) is 10.9 Å². The third-order valence-corrected chi connectivity index (χ3v) is 3.25. The van der Waals surface area contributed by atoms with Crippen LogP contribution in [-0.4, -0.2) is 14.8 Å². The molecule has 1 aromatic heterocycles. The highest BCUT2D eigenvalue weighted by atomic mass is 79.9. The van der Waals surface area contributed by atoms with Crippen molar-refractivity contribution in [3.05, 3.63) is 39.3 Å². The van der Waals surface area contributed by atoms with Gasteiger partial charge in [-0.3, -0.25) is 4.57 Å². The van der Waals surface area contributed by atoms with Gasteiger partial charge in [0.25, 0.3) is 0 Å². The zero-order valence-corrected chi connectivity index (χ0v) is 12.0. The van der Waals surface area contributed by atoms with E-state index >= 15 is 0 Å². The highest BCUT2D eigenvalue weighted by Crippen LogP contribution is 2.36. The van der Waals surface area contributed by atoms with Gasteiger partial charge < -0.3 is 0 Å². The average Bonchev–Trinajstić information content (AvgIpc) is 2.69. The molecule has 1 heterocycles. The SMILES string of the molecule is CCc1nnc(Cl)n1-c1ccc(Br)cc1C(F)(F)F. The zero-order valence-electron chi connectivity index (χ0n) is 9.67. The number of benzene rings is 1. The van der Waals surface area contributed by atoms with Crippen LogP contribution in [0.2, 0.25) is 5.28 Å². The van der Waals surface area contributed by atoms with Crippen LogP contribution in [0.25, 0.3) is 5.69 Å². The molecule has 2 rings (SSSR count). The number of hydrogen-bond acceptors (Lipinski definition) is 2. The second kappa shape index (κ2) is 5.13. The van der Waals surface area contributed by atoms with Crippen molar-refractivity contribution in [1.82, 2.24) is 14.8 Å². The lowest BCUT2D eigenvalue weighted by Gasteiger charge is -2.15. The third kappa shape index (κ3) is 2.76. The van der Waals surface area contributed by atoms with Gasteiger partial charge in [-0.2, -0.15) is 13.2 Å². The zero-order chi connectivity index (χ0) is 14.2. The van der Waals surface area contributed by atoms with Gasteiger partial charge in [0.15, 0.2) is 0 Å². The Balaban J connectivity index is 2.72. The van der Waals surface area contributed by atoms with Crippen LogP contribution in [0.1, 0.15) is 18.3 Å². The Morgan fingerprint density at radius 2 is 2.00 bits per heavy atom. The minimum absolute atomic E-state index is 0.0810. The predicted molar refractivity (Wildman–Crippen MR) is 68.4 cm³/mol. The van der Waals surface area contributed by atoms with E-state index in [1.807, 2.05) is 0 Å². The molecule has 8 heteroatoms. The summed E-state index contributed by atoms with van der Waals surface area (Å²) in [5, 5.41) is 7.27. The molecule has 19 heavy (non-hydrogen) atoms. The predicted octanol–water partition coefficient (Wildman–Crippen LogP) is 4.26. The maximum absolute atomic E-state index is 13.1. The summed E-state index contributed by atoms with van der Waals surface area (Å²) >= 11 is 8.86. The summed E-state index contributed by atoms with van der Waals surface area (Å²) < 4.78 is 40.8. The summed E-state index contributed by atoms with van der Waals surface area (Å²) in [6.45, 7) is 1.77. The normalized spacial score (nSPS) is 11.9. The monoisotopic (exact) mass is 353 g/mol. The van der Waals surface area contributed by atoms with E-state index in [0.717, 1.165) is 6.07 Å². The van der Waals surface area contributed by atoms with E-state index in [1.165, 1.54) is 16.7 Å². The van der Waals surface area contributed by atoms with Crippen LogP contribution >= 0.6 is 27.5 Å². The van der Waals surface area contributed by atoms with Crippen LogP contribution < -0.4 is 0 Å². The third-order valence-electron chi connectivity index (χ3n) is 2.51. The lowest BCUT2D eigenvalue weighted by molar-refractivity contribution is -0.137. The first-order valence-corrected chi connectivity index (χ1v) is 6.48. The van der Waals surface area contributed by atoms with Gasteiger partial charge in [-0.15, -0.1) is 10.2 Å². The first-order chi connectivity index (χ1) is 8.84. The maximum atomic E-state index is 13.1. The highest BCUT2D eigenvalue weighted by molar-refractivity contribution is 9.10. The van der Waals surface area contributed by atoms with Crippen LogP contribution in [0.3, 0.4) is 0 Å². The molecule has 0 unspecified atom stereocenters. The van der Waals surface area contributed by atoms with E-state index in [-0.39, 0.29) is 11.0 Å². The molecule has 0 amide bonds. The number of halogens is 5. The molecule has 0 aliphatic heterocycles. The smallest absolute Gasteiger partial charge is 0.269 e. The van der Waals surface area contributed by atoms with Gasteiger partial charge in [0.2, 0.25) is 5.28 Å². The van der Waals surface area contributed by atoms with Gasteiger partial charge in [-0.05, 0) is 29.8 Å². The Labute approximate surface area is 120 Å². The number of nitrogens with zero attached hydrogens (tertiary/aromatic N) is 3. The fraction of sp³-hybridized carbons (Fsp3) is 0.273. The maximum Gasteiger partial charge on any atom is 0.418 e. The molecule has 2 aromatic rings. The van der Waals surface area contributed by atoms with Crippen molar-refractivity contribution in [2.45, 2.75) is 19.5 Å². The molecular formula is C11H8BrClF3N3. The van der Waals surface area contributed by atoms with Gasteiger partial charge in [-0.1, -0.05) is 22.9 Å². The van der Waals surface area contributed by atoms with Gasteiger partial charge in [0.1, 0.15) is 5.82 Å². The van der Waals surface area contributed by atoms with Gasteiger partial charge in [-0.25, -0.2) is 0 Å². The Hall–Kier alpha value is -1.08. The summed E-state index contributed by atoms with van der Waals surface area (Å²) in [6.07, 6.45) is -4.06. The molecule has 0 saturated carbocycles. The molecule has 0 N–H and O–H groups in total. The number of aryl methyl sites for hydroxylation is 1. The molecule has 0 aliphatic rings. The van der Waals surface area contributed by atoms with Crippen LogP contribution in [0, 0.1) is 0 Å². The number of rotatable bonds is 2. The Bertz CT molecular complexity index is 610.